The lowest BCUT2D eigenvalue weighted by Gasteiger charge is -2.37. The standard InChI is InChI=1S/C22H27FN6/c1-2-24-22(29-13-11-28(12-14-29)21-5-3-4-9-25-21)26-10-8-17-16-27-20-15-18(23)6-7-19(17)20/h3-7,9,15-16,27H,2,8,10-14H2,1H3,(H,24,26). The average Bonchev–Trinajstić information content (AvgIpc) is 3.16. The molecule has 1 aromatic carbocycles. The molecule has 0 aliphatic carbocycles. The molecule has 0 bridgehead atoms. The van der Waals surface area contributed by atoms with Gasteiger partial charge in [0.2, 0.25) is 0 Å². The molecule has 1 saturated heterocycles. The summed E-state index contributed by atoms with van der Waals surface area (Å²) in [5, 5.41) is 4.48. The Kier molecular flexibility index (Phi) is 5.93. The van der Waals surface area contributed by atoms with E-state index in [1.165, 1.54) is 17.7 Å². The molecule has 0 saturated carbocycles. The molecule has 7 heteroatoms. The molecule has 0 unspecified atom stereocenters. The van der Waals surface area contributed by atoms with Crippen molar-refractivity contribution in [3.8, 4) is 0 Å². The number of aliphatic imine (C=N–C) groups is 1. The summed E-state index contributed by atoms with van der Waals surface area (Å²) in [7, 11) is 0. The van der Waals surface area contributed by atoms with E-state index >= 15 is 0 Å². The number of rotatable bonds is 5. The lowest BCUT2D eigenvalue weighted by Crippen LogP contribution is -2.52. The molecular formula is C22H27FN6. The van der Waals surface area contributed by atoms with Crippen LogP contribution in [-0.4, -0.2) is 60.1 Å². The summed E-state index contributed by atoms with van der Waals surface area (Å²) in [6, 6.07) is 10.9. The molecule has 152 valence electrons. The van der Waals surface area contributed by atoms with Crippen molar-refractivity contribution in [2.24, 2.45) is 4.99 Å². The fourth-order valence-electron chi connectivity index (χ4n) is 3.76. The Morgan fingerprint density at radius 3 is 2.83 bits per heavy atom. The highest BCUT2D eigenvalue weighted by Crippen LogP contribution is 2.20. The van der Waals surface area contributed by atoms with E-state index in [0.29, 0.717) is 6.54 Å². The molecule has 0 atom stereocenters. The van der Waals surface area contributed by atoms with Gasteiger partial charge in [0.05, 0.1) is 0 Å². The van der Waals surface area contributed by atoms with Gasteiger partial charge in [-0.05, 0) is 49.2 Å². The molecule has 3 heterocycles. The minimum Gasteiger partial charge on any atom is -0.361 e. The van der Waals surface area contributed by atoms with E-state index in [2.05, 4.69) is 38.1 Å². The number of nitrogens with zero attached hydrogens (tertiary/aromatic N) is 4. The molecule has 6 nitrogen and oxygen atoms in total. The molecule has 3 aromatic rings. The predicted octanol–water partition coefficient (Wildman–Crippen LogP) is 3.03. The van der Waals surface area contributed by atoms with Crippen LogP contribution in [-0.2, 0) is 6.42 Å². The van der Waals surface area contributed by atoms with E-state index in [9.17, 15) is 4.39 Å². The van der Waals surface area contributed by atoms with E-state index < -0.39 is 0 Å². The van der Waals surface area contributed by atoms with E-state index in [0.717, 1.165) is 61.8 Å². The van der Waals surface area contributed by atoms with E-state index in [-0.39, 0.29) is 5.82 Å². The van der Waals surface area contributed by atoms with Crippen LogP contribution in [0.3, 0.4) is 0 Å². The average molecular weight is 394 g/mol. The van der Waals surface area contributed by atoms with Gasteiger partial charge in [-0.25, -0.2) is 9.37 Å². The van der Waals surface area contributed by atoms with Gasteiger partial charge in [-0.3, -0.25) is 4.99 Å². The van der Waals surface area contributed by atoms with Crippen LogP contribution in [0.4, 0.5) is 10.2 Å². The summed E-state index contributed by atoms with van der Waals surface area (Å²) in [5.74, 6) is 1.77. The number of halogens is 1. The Labute approximate surface area is 170 Å². The van der Waals surface area contributed by atoms with Gasteiger partial charge in [0.15, 0.2) is 5.96 Å². The zero-order valence-electron chi connectivity index (χ0n) is 16.7. The molecule has 0 radical (unpaired) electrons. The largest absolute Gasteiger partial charge is 0.361 e. The molecular weight excluding hydrogens is 367 g/mol. The van der Waals surface area contributed by atoms with Crippen molar-refractivity contribution in [2.75, 3.05) is 44.2 Å². The zero-order valence-corrected chi connectivity index (χ0v) is 16.7. The minimum absolute atomic E-state index is 0.219. The summed E-state index contributed by atoms with van der Waals surface area (Å²) in [5.41, 5.74) is 2.00. The number of guanidine groups is 1. The first-order valence-electron chi connectivity index (χ1n) is 10.2. The van der Waals surface area contributed by atoms with Gasteiger partial charge in [-0.15, -0.1) is 0 Å². The summed E-state index contributed by atoms with van der Waals surface area (Å²) >= 11 is 0. The smallest absolute Gasteiger partial charge is 0.194 e. The molecule has 2 aromatic heterocycles. The SMILES string of the molecule is CCNC(=NCCc1c[nH]c2cc(F)ccc12)N1CCN(c2ccccn2)CC1. The normalized spacial score (nSPS) is 15.2. The number of fused-ring (bicyclic) bond motifs is 1. The molecule has 0 amide bonds. The van der Waals surface area contributed by atoms with Gasteiger partial charge in [0.1, 0.15) is 11.6 Å². The third kappa shape index (κ3) is 4.50. The fraction of sp³-hybridized carbons (Fsp3) is 0.364. The van der Waals surface area contributed by atoms with Crippen molar-refractivity contribution in [2.45, 2.75) is 13.3 Å². The lowest BCUT2D eigenvalue weighted by atomic mass is 10.1. The highest BCUT2D eigenvalue weighted by Gasteiger charge is 2.20. The van der Waals surface area contributed by atoms with Crippen molar-refractivity contribution in [1.29, 1.82) is 0 Å². The maximum Gasteiger partial charge on any atom is 0.194 e. The minimum atomic E-state index is -0.219. The second kappa shape index (κ2) is 8.94. The molecule has 1 aliphatic heterocycles. The number of aromatic amines is 1. The number of nitrogens with one attached hydrogen (secondary N) is 2. The Morgan fingerprint density at radius 1 is 1.21 bits per heavy atom. The topological polar surface area (TPSA) is 59.6 Å². The number of pyridine rings is 1. The highest BCUT2D eigenvalue weighted by atomic mass is 19.1. The van der Waals surface area contributed by atoms with Crippen LogP contribution in [0.1, 0.15) is 12.5 Å². The molecule has 1 aliphatic rings. The quantitative estimate of drug-likeness (QED) is 0.516. The van der Waals surface area contributed by atoms with Gasteiger partial charge >= 0.3 is 0 Å². The van der Waals surface area contributed by atoms with Crippen LogP contribution >= 0.6 is 0 Å². The summed E-state index contributed by atoms with van der Waals surface area (Å²) in [6.45, 7) is 7.29. The maximum atomic E-state index is 13.4. The van der Waals surface area contributed by atoms with E-state index in [1.54, 1.807) is 0 Å². The molecule has 1 fully saturated rings. The van der Waals surface area contributed by atoms with Gasteiger partial charge in [-0.1, -0.05) is 6.07 Å². The molecule has 4 rings (SSSR count). The monoisotopic (exact) mass is 394 g/mol. The van der Waals surface area contributed by atoms with Crippen molar-refractivity contribution >= 4 is 22.7 Å². The number of aromatic nitrogens is 2. The van der Waals surface area contributed by atoms with E-state index in [1.807, 2.05) is 30.6 Å². The second-order valence-corrected chi connectivity index (χ2v) is 7.15. The summed E-state index contributed by atoms with van der Waals surface area (Å²) in [4.78, 5) is 17.1. The number of H-pyrrole nitrogens is 1. The third-order valence-electron chi connectivity index (χ3n) is 5.26. The number of hydrogen-bond donors (Lipinski definition) is 2. The van der Waals surface area contributed by atoms with Crippen LogP contribution in [0.25, 0.3) is 10.9 Å². The van der Waals surface area contributed by atoms with Crippen LogP contribution < -0.4 is 10.2 Å². The number of hydrogen-bond acceptors (Lipinski definition) is 3. The van der Waals surface area contributed by atoms with Crippen molar-refractivity contribution in [3.05, 3.63) is 60.2 Å². The van der Waals surface area contributed by atoms with Crippen LogP contribution in [0.2, 0.25) is 0 Å². The fourth-order valence-corrected chi connectivity index (χ4v) is 3.76. The van der Waals surface area contributed by atoms with Crippen molar-refractivity contribution in [1.82, 2.24) is 20.2 Å². The first-order valence-corrected chi connectivity index (χ1v) is 10.2. The maximum absolute atomic E-state index is 13.4. The lowest BCUT2D eigenvalue weighted by molar-refractivity contribution is 0.371. The van der Waals surface area contributed by atoms with Gasteiger partial charge in [0.25, 0.3) is 0 Å². The Bertz CT molecular complexity index is 960. The number of benzene rings is 1. The number of piperazine rings is 1. The van der Waals surface area contributed by atoms with Crippen LogP contribution in [0.15, 0.2) is 53.8 Å². The predicted molar refractivity (Wildman–Crippen MR) is 116 cm³/mol. The molecule has 29 heavy (non-hydrogen) atoms. The van der Waals surface area contributed by atoms with Gasteiger partial charge in [-0.2, -0.15) is 0 Å². The third-order valence-corrected chi connectivity index (χ3v) is 5.26. The molecule has 2 N–H and O–H groups in total. The van der Waals surface area contributed by atoms with Gasteiger partial charge in [0, 0.05) is 62.6 Å². The molecule has 0 spiro atoms. The first-order chi connectivity index (χ1) is 14.2. The highest BCUT2D eigenvalue weighted by molar-refractivity contribution is 5.83. The summed E-state index contributed by atoms with van der Waals surface area (Å²) < 4.78 is 13.4. The van der Waals surface area contributed by atoms with E-state index in [4.69, 9.17) is 4.99 Å². The Morgan fingerprint density at radius 2 is 2.07 bits per heavy atom. The van der Waals surface area contributed by atoms with Gasteiger partial charge < -0.3 is 20.1 Å². The van der Waals surface area contributed by atoms with Crippen molar-refractivity contribution < 1.29 is 4.39 Å². The van der Waals surface area contributed by atoms with Crippen LogP contribution in [0, 0.1) is 5.82 Å². The Balaban J connectivity index is 1.38. The van der Waals surface area contributed by atoms with Crippen molar-refractivity contribution in [3.63, 3.8) is 0 Å². The number of anilines is 1. The first kappa shape index (κ1) is 19.2. The second-order valence-electron chi connectivity index (χ2n) is 7.15. The van der Waals surface area contributed by atoms with Crippen LogP contribution in [0.5, 0.6) is 0 Å². The zero-order chi connectivity index (χ0) is 20.1. The summed E-state index contributed by atoms with van der Waals surface area (Å²) in [6.07, 6.45) is 4.61. The Hall–Kier alpha value is -3.09.